The van der Waals surface area contributed by atoms with Gasteiger partial charge < -0.3 is 19.6 Å². The highest BCUT2D eigenvalue weighted by atomic mass is 16.5. The van der Waals surface area contributed by atoms with Crippen molar-refractivity contribution in [3.8, 4) is 0 Å². The largest absolute Gasteiger partial charge is 0.480 e. The molecule has 0 spiro atoms. The van der Waals surface area contributed by atoms with Gasteiger partial charge in [0.25, 0.3) is 0 Å². The smallest absolute Gasteiger partial charge is 0.329 e. The lowest BCUT2D eigenvalue weighted by Gasteiger charge is -2.49. The van der Waals surface area contributed by atoms with Gasteiger partial charge in [0.2, 0.25) is 0 Å². The second-order valence-electron chi connectivity index (χ2n) is 5.94. The van der Waals surface area contributed by atoms with Crippen molar-refractivity contribution in [2.24, 2.45) is 5.92 Å². The highest BCUT2D eigenvalue weighted by molar-refractivity contribution is 5.76. The van der Waals surface area contributed by atoms with Gasteiger partial charge in [0.15, 0.2) is 0 Å². The van der Waals surface area contributed by atoms with Crippen LogP contribution in [0.4, 0.5) is 4.79 Å². The number of nitrogens with zero attached hydrogens (tertiary/aromatic N) is 2. The Morgan fingerprint density at radius 3 is 2.37 bits per heavy atom. The number of carboxylic acid groups (broad SMARTS) is 1. The lowest BCUT2D eigenvalue weighted by atomic mass is 9.96. The minimum atomic E-state index is -0.976. The molecule has 2 amide bonds. The van der Waals surface area contributed by atoms with Crippen molar-refractivity contribution in [1.82, 2.24) is 9.80 Å². The van der Waals surface area contributed by atoms with Crippen LogP contribution in [0.1, 0.15) is 26.7 Å². The molecule has 2 aliphatic heterocycles. The third-order valence-electron chi connectivity index (χ3n) is 3.92. The third-order valence-corrected chi connectivity index (χ3v) is 3.92. The fraction of sp³-hybridized carbons (Fsp3) is 0.846. The summed E-state index contributed by atoms with van der Waals surface area (Å²) in [7, 11) is 0. The number of carboxylic acids is 1. The van der Waals surface area contributed by atoms with Crippen molar-refractivity contribution < 1.29 is 19.4 Å². The standard InChI is InChI=1S/C13H22N2O4/c1-10-3-5-14(6-4-10)12(18)15-8-13(2,9-15)19-7-11(16)17/h10H,3-9H2,1-2H3,(H,16,17). The molecule has 1 N–H and O–H groups in total. The molecule has 108 valence electrons. The monoisotopic (exact) mass is 270 g/mol. The van der Waals surface area contributed by atoms with E-state index in [9.17, 15) is 9.59 Å². The molecule has 2 aliphatic rings. The average molecular weight is 270 g/mol. The van der Waals surface area contributed by atoms with Crippen LogP contribution in [0.5, 0.6) is 0 Å². The highest BCUT2D eigenvalue weighted by Gasteiger charge is 2.44. The Hall–Kier alpha value is -1.30. The first kappa shape index (κ1) is 14.1. The molecule has 0 aliphatic carbocycles. The average Bonchev–Trinajstić information content (AvgIpc) is 2.33. The maximum Gasteiger partial charge on any atom is 0.329 e. The predicted octanol–water partition coefficient (Wildman–Crippen LogP) is 1.01. The van der Waals surface area contributed by atoms with Crippen molar-refractivity contribution in [3.05, 3.63) is 0 Å². The molecule has 2 saturated heterocycles. The zero-order valence-electron chi connectivity index (χ0n) is 11.6. The van der Waals surface area contributed by atoms with E-state index in [1.807, 2.05) is 11.8 Å². The zero-order valence-corrected chi connectivity index (χ0v) is 11.6. The van der Waals surface area contributed by atoms with Gasteiger partial charge in [0.1, 0.15) is 12.2 Å². The Kier molecular flexibility index (Phi) is 3.99. The van der Waals surface area contributed by atoms with E-state index in [1.165, 1.54) is 0 Å². The van der Waals surface area contributed by atoms with Crippen LogP contribution in [-0.2, 0) is 9.53 Å². The van der Waals surface area contributed by atoms with E-state index >= 15 is 0 Å². The molecule has 0 unspecified atom stereocenters. The van der Waals surface area contributed by atoms with Gasteiger partial charge in [0, 0.05) is 13.1 Å². The van der Waals surface area contributed by atoms with Gasteiger partial charge in [-0.25, -0.2) is 9.59 Å². The molecule has 2 rings (SSSR count). The summed E-state index contributed by atoms with van der Waals surface area (Å²) in [6.07, 6.45) is 2.12. The zero-order chi connectivity index (χ0) is 14.0. The number of ether oxygens (including phenoxy) is 1. The number of carbonyl (C=O) groups excluding carboxylic acids is 1. The topological polar surface area (TPSA) is 70.1 Å². The first-order valence-corrected chi connectivity index (χ1v) is 6.79. The van der Waals surface area contributed by atoms with Crippen LogP contribution in [-0.4, -0.2) is 65.3 Å². The minimum Gasteiger partial charge on any atom is -0.480 e. The maximum absolute atomic E-state index is 12.2. The fourth-order valence-electron chi connectivity index (χ4n) is 2.62. The van der Waals surface area contributed by atoms with Crippen molar-refractivity contribution >= 4 is 12.0 Å². The summed E-state index contributed by atoms with van der Waals surface area (Å²) in [6, 6.07) is 0.0586. The van der Waals surface area contributed by atoms with Crippen LogP contribution in [0, 0.1) is 5.92 Å². The summed E-state index contributed by atoms with van der Waals surface area (Å²) < 4.78 is 5.30. The van der Waals surface area contributed by atoms with Gasteiger partial charge in [0.05, 0.1) is 13.1 Å². The molecule has 0 aromatic heterocycles. The van der Waals surface area contributed by atoms with Crippen LogP contribution >= 0.6 is 0 Å². The van der Waals surface area contributed by atoms with Crippen LogP contribution in [0.3, 0.4) is 0 Å². The number of hydrogen-bond acceptors (Lipinski definition) is 3. The number of rotatable bonds is 3. The molecule has 0 aromatic rings. The number of urea groups is 1. The molecule has 2 heterocycles. The Morgan fingerprint density at radius 1 is 1.26 bits per heavy atom. The van der Waals surface area contributed by atoms with Gasteiger partial charge >= 0.3 is 12.0 Å². The summed E-state index contributed by atoms with van der Waals surface area (Å²) in [5.41, 5.74) is -0.503. The lowest BCUT2D eigenvalue weighted by molar-refractivity contribution is -0.160. The van der Waals surface area contributed by atoms with Crippen molar-refractivity contribution in [3.63, 3.8) is 0 Å². The molecular formula is C13H22N2O4. The number of aliphatic carboxylic acids is 1. The molecular weight excluding hydrogens is 248 g/mol. The molecule has 6 nitrogen and oxygen atoms in total. The summed E-state index contributed by atoms with van der Waals surface area (Å²) in [4.78, 5) is 26.3. The maximum atomic E-state index is 12.2. The van der Waals surface area contributed by atoms with Crippen LogP contribution < -0.4 is 0 Å². The van der Waals surface area contributed by atoms with Crippen LogP contribution in [0.15, 0.2) is 0 Å². The number of hydrogen-bond donors (Lipinski definition) is 1. The highest BCUT2D eigenvalue weighted by Crippen LogP contribution is 2.27. The summed E-state index contributed by atoms with van der Waals surface area (Å²) >= 11 is 0. The van der Waals surface area contributed by atoms with E-state index in [4.69, 9.17) is 9.84 Å². The van der Waals surface area contributed by atoms with Crippen molar-refractivity contribution in [1.29, 1.82) is 0 Å². The molecule has 0 bridgehead atoms. The number of likely N-dealkylation sites (tertiary alicyclic amines) is 2. The van der Waals surface area contributed by atoms with Crippen LogP contribution in [0.25, 0.3) is 0 Å². The Morgan fingerprint density at radius 2 is 1.84 bits per heavy atom. The quantitative estimate of drug-likeness (QED) is 0.831. The predicted molar refractivity (Wildman–Crippen MR) is 68.9 cm³/mol. The molecule has 0 atom stereocenters. The second-order valence-corrected chi connectivity index (χ2v) is 5.94. The molecule has 0 saturated carbocycles. The number of piperidine rings is 1. The third kappa shape index (κ3) is 3.37. The summed E-state index contributed by atoms with van der Waals surface area (Å²) in [5, 5.41) is 8.59. The van der Waals surface area contributed by atoms with Gasteiger partial charge in [-0.1, -0.05) is 6.92 Å². The first-order valence-electron chi connectivity index (χ1n) is 6.79. The molecule has 19 heavy (non-hydrogen) atoms. The van der Waals surface area contributed by atoms with Crippen LogP contribution in [0.2, 0.25) is 0 Å². The Bertz CT molecular complexity index is 358. The number of amides is 2. The van der Waals surface area contributed by atoms with E-state index in [2.05, 4.69) is 6.92 Å². The van der Waals surface area contributed by atoms with Gasteiger partial charge in [-0.3, -0.25) is 0 Å². The van der Waals surface area contributed by atoms with Gasteiger partial charge in [-0.15, -0.1) is 0 Å². The van der Waals surface area contributed by atoms with E-state index < -0.39 is 11.6 Å². The van der Waals surface area contributed by atoms with Gasteiger partial charge in [-0.2, -0.15) is 0 Å². The van der Waals surface area contributed by atoms with E-state index in [0.717, 1.165) is 25.9 Å². The SMILES string of the molecule is CC1CCN(C(=O)N2CC(C)(OCC(=O)O)C2)CC1. The first-order chi connectivity index (χ1) is 8.89. The number of carbonyl (C=O) groups is 2. The summed E-state index contributed by atoms with van der Waals surface area (Å²) in [6.45, 7) is 6.35. The Labute approximate surface area is 113 Å². The summed E-state index contributed by atoms with van der Waals surface area (Å²) in [5.74, 6) is -0.277. The molecule has 6 heteroatoms. The Balaban J connectivity index is 1.76. The van der Waals surface area contributed by atoms with E-state index in [-0.39, 0.29) is 12.6 Å². The minimum absolute atomic E-state index is 0.0586. The molecule has 0 radical (unpaired) electrons. The van der Waals surface area contributed by atoms with Gasteiger partial charge in [-0.05, 0) is 25.7 Å². The van der Waals surface area contributed by atoms with Crippen molar-refractivity contribution in [2.45, 2.75) is 32.3 Å². The second kappa shape index (κ2) is 5.36. The van der Waals surface area contributed by atoms with E-state index in [1.54, 1.807) is 4.90 Å². The molecule has 2 fully saturated rings. The normalized spacial score (nSPS) is 23.1. The lowest BCUT2D eigenvalue weighted by Crippen LogP contribution is -2.66. The molecule has 0 aromatic carbocycles. The fourth-order valence-corrected chi connectivity index (χ4v) is 2.62. The van der Waals surface area contributed by atoms with Crippen molar-refractivity contribution in [2.75, 3.05) is 32.8 Å². The van der Waals surface area contributed by atoms with E-state index in [0.29, 0.717) is 19.0 Å².